The Labute approximate surface area is 118 Å². The fourth-order valence-corrected chi connectivity index (χ4v) is 2.19. The molecule has 0 atom stereocenters. The summed E-state index contributed by atoms with van der Waals surface area (Å²) in [6, 6.07) is 10.0. The van der Waals surface area contributed by atoms with Crippen LogP contribution in [0.25, 0.3) is 0 Å². The number of anilines is 1. The van der Waals surface area contributed by atoms with Crippen LogP contribution in [0, 0.1) is 0 Å². The second-order valence-corrected chi connectivity index (χ2v) is 4.61. The third kappa shape index (κ3) is 3.38. The summed E-state index contributed by atoms with van der Waals surface area (Å²) in [5, 5.41) is 0. The number of benzene rings is 1. The molecule has 3 nitrogen and oxygen atoms in total. The molecular formula is C15H17ClN2O. The topological polar surface area (TPSA) is 25.4 Å². The molecule has 0 aliphatic carbocycles. The minimum absolute atomic E-state index is 0.491. The summed E-state index contributed by atoms with van der Waals surface area (Å²) in [5.41, 5.74) is 3.37. The molecule has 2 aromatic rings. The molecule has 1 aromatic carbocycles. The van der Waals surface area contributed by atoms with Gasteiger partial charge in [0.1, 0.15) is 5.75 Å². The third-order valence-corrected chi connectivity index (χ3v) is 3.31. The van der Waals surface area contributed by atoms with E-state index >= 15 is 0 Å². The lowest BCUT2D eigenvalue weighted by molar-refractivity contribution is 0.414. The first kappa shape index (κ1) is 13.7. The van der Waals surface area contributed by atoms with Crippen LogP contribution >= 0.6 is 11.6 Å². The third-order valence-electron chi connectivity index (χ3n) is 3.02. The Morgan fingerprint density at radius 3 is 2.58 bits per heavy atom. The van der Waals surface area contributed by atoms with Gasteiger partial charge in [-0.25, -0.2) is 0 Å². The number of pyridine rings is 1. The van der Waals surface area contributed by atoms with Gasteiger partial charge in [0.05, 0.1) is 19.0 Å². The summed E-state index contributed by atoms with van der Waals surface area (Å²) in [7, 11) is 3.71. The molecule has 0 N–H and O–H groups in total. The SMILES string of the molecule is COc1ccc(CN(C)c2cnccc2CCl)cc1. The lowest BCUT2D eigenvalue weighted by Gasteiger charge is -2.21. The molecule has 19 heavy (non-hydrogen) atoms. The van der Waals surface area contributed by atoms with Gasteiger partial charge in [-0.15, -0.1) is 11.6 Å². The van der Waals surface area contributed by atoms with Crippen molar-refractivity contribution in [3.63, 3.8) is 0 Å². The van der Waals surface area contributed by atoms with E-state index in [0.29, 0.717) is 5.88 Å². The molecule has 100 valence electrons. The van der Waals surface area contributed by atoms with Crippen molar-refractivity contribution in [3.05, 3.63) is 53.9 Å². The number of methoxy groups -OCH3 is 1. The van der Waals surface area contributed by atoms with Gasteiger partial charge in [0.15, 0.2) is 0 Å². The highest BCUT2D eigenvalue weighted by Crippen LogP contribution is 2.22. The predicted octanol–water partition coefficient (Wildman–Crippen LogP) is 3.47. The molecule has 0 spiro atoms. The van der Waals surface area contributed by atoms with Crippen LogP contribution < -0.4 is 9.64 Å². The first-order valence-electron chi connectivity index (χ1n) is 6.07. The zero-order valence-corrected chi connectivity index (χ0v) is 11.9. The van der Waals surface area contributed by atoms with Crippen molar-refractivity contribution < 1.29 is 4.74 Å². The Hall–Kier alpha value is -1.74. The number of halogens is 1. The number of aromatic nitrogens is 1. The fourth-order valence-electron chi connectivity index (χ4n) is 1.96. The molecule has 0 aliphatic rings. The van der Waals surface area contributed by atoms with Gasteiger partial charge in [-0.05, 0) is 29.3 Å². The summed E-state index contributed by atoms with van der Waals surface area (Å²) < 4.78 is 5.15. The van der Waals surface area contributed by atoms with Crippen LogP contribution in [0.15, 0.2) is 42.7 Å². The van der Waals surface area contributed by atoms with E-state index in [-0.39, 0.29) is 0 Å². The van der Waals surface area contributed by atoms with E-state index in [1.54, 1.807) is 13.3 Å². The van der Waals surface area contributed by atoms with Gasteiger partial charge in [-0.1, -0.05) is 12.1 Å². The van der Waals surface area contributed by atoms with Gasteiger partial charge in [0.2, 0.25) is 0 Å². The number of hydrogen-bond acceptors (Lipinski definition) is 3. The van der Waals surface area contributed by atoms with E-state index < -0.39 is 0 Å². The summed E-state index contributed by atoms with van der Waals surface area (Å²) in [6.07, 6.45) is 3.61. The Morgan fingerprint density at radius 2 is 1.95 bits per heavy atom. The van der Waals surface area contributed by atoms with Gasteiger partial charge < -0.3 is 9.64 Å². The molecule has 0 aliphatic heterocycles. The Morgan fingerprint density at radius 1 is 1.21 bits per heavy atom. The maximum Gasteiger partial charge on any atom is 0.118 e. The maximum absolute atomic E-state index is 5.95. The minimum Gasteiger partial charge on any atom is -0.497 e. The fraction of sp³-hybridized carbons (Fsp3) is 0.267. The maximum atomic E-state index is 5.95. The standard InChI is InChI=1S/C15H17ClN2O/c1-18(15-10-17-8-7-13(15)9-16)11-12-3-5-14(19-2)6-4-12/h3-8,10H,9,11H2,1-2H3. The van der Waals surface area contributed by atoms with E-state index in [0.717, 1.165) is 23.5 Å². The van der Waals surface area contributed by atoms with E-state index in [1.807, 2.05) is 31.4 Å². The normalized spacial score (nSPS) is 10.3. The Bertz CT molecular complexity index is 528. The molecule has 0 bridgehead atoms. The molecule has 0 amide bonds. The predicted molar refractivity (Wildman–Crippen MR) is 78.9 cm³/mol. The Balaban J connectivity index is 2.13. The molecular weight excluding hydrogens is 260 g/mol. The average Bonchev–Trinajstić information content (AvgIpc) is 2.48. The summed E-state index contributed by atoms with van der Waals surface area (Å²) >= 11 is 5.95. The summed E-state index contributed by atoms with van der Waals surface area (Å²) in [5.74, 6) is 1.36. The highest BCUT2D eigenvalue weighted by atomic mass is 35.5. The quantitative estimate of drug-likeness (QED) is 0.782. The van der Waals surface area contributed by atoms with Crippen LogP contribution in [0.1, 0.15) is 11.1 Å². The zero-order valence-electron chi connectivity index (χ0n) is 11.1. The van der Waals surface area contributed by atoms with Crippen LogP contribution in [0.2, 0.25) is 0 Å². The largest absolute Gasteiger partial charge is 0.497 e. The number of ether oxygens (including phenoxy) is 1. The van der Waals surface area contributed by atoms with Crippen LogP contribution in [0.5, 0.6) is 5.75 Å². The lowest BCUT2D eigenvalue weighted by Crippen LogP contribution is -2.18. The van der Waals surface area contributed by atoms with Gasteiger partial charge in [0.25, 0.3) is 0 Å². The lowest BCUT2D eigenvalue weighted by atomic mass is 10.2. The van der Waals surface area contributed by atoms with Crippen LogP contribution in [0.3, 0.4) is 0 Å². The summed E-state index contributed by atoms with van der Waals surface area (Å²) in [4.78, 5) is 6.31. The highest BCUT2D eigenvalue weighted by Gasteiger charge is 2.07. The summed E-state index contributed by atoms with van der Waals surface area (Å²) in [6.45, 7) is 0.805. The molecule has 0 fully saturated rings. The number of rotatable bonds is 5. The van der Waals surface area contributed by atoms with Gasteiger partial charge >= 0.3 is 0 Å². The van der Waals surface area contributed by atoms with Crippen molar-refractivity contribution in [2.24, 2.45) is 0 Å². The zero-order chi connectivity index (χ0) is 13.7. The van der Waals surface area contributed by atoms with Crippen LogP contribution in [-0.4, -0.2) is 19.1 Å². The second-order valence-electron chi connectivity index (χ2n) is 4.34. The van der Waals surface area contributed by atoms with Crippen molar-refractivity contribution in [1.82, 2.24) is 4.98 Å². The van der Waals surface area contributed by atoms with Crippen molar-refractivity contribution in [3.8, 4) is 5.75 Å². The van der Waals surface area contributed by atoms with Gasteiger partial charge in [0, 0.05) is 25.7 Å². The molecule has 1 aromatic heterocycles. The molecule has 0 radical (unpaired) electrons. The minimum atomic E-state index is 0.491. The smallest absolute Gasteiger partial charge is 0.118 e. The first-order chi connectivity index (χ1) is 9.24. The average molecular weight is 277 g/mol. The first-order valence-corrected chi connectivity index (χ1v) is 6.61. The number of hydrogen-bond donors (Lipinski definition) is 0. The van der Waals surface area contributed by atoms with Gasteiger partial charge in [-0.3, -0.25) is 4.98 Å². The molecule has 1 heterocycles. The van der Waals surface area contributed by atoms with Crippen molar-refractivity contribution in [1.29, 1.82) is 0 Å². The molecule has 4 heteroatoms. The molecule has 2 rings (SSSR count). The van der Waals surface area contributed by atoms with E-state index in [4.69, 9.17) is 16.3 Å². The van der Waals surface area contributed by atoms with E-state index in [1.165, 1.54) is 5.56 Å². The van der Waals surface area contributed by atoms with E-state index in [9.17, 15) is 0 Å². The molecule has 0 saturated heterocycles. The van der Waals surface area contributed by atoms with Crippen molar-refractivity contribution in [2.45, 2.75) is 12.4 Å². The van der Waals surface area contributed by atoms with Crippen molar-refractivity contribution >= 4 is 17.3 Å². The van der Waals surface area contributed by atoms with Gasteiger partial charge in [-0.2, -0.15) is 0 Å². The molecule has 0 saturated carbocycles. The highest BCUT2D eigenvalue weighted by molar-refractivity contribution is 6.17. The van der Waals surface area contributed by atoms with Crippen molar-refractivity contribution in [2.75, 3.05) is 19.1 Å². The van der Waals surface area contributed by atoms with Crippen LogP contribution in [-0.2, 0) is 12.4 Å². The monoisotopic (exact) mass is 276 g/mol. The van der Waals surface area contributed by atoms with E-state index in [2.05, 4.69) is 22.0 Å². The molecule has 0 unspecified atom stereocenters. The number of nitrogens with zero attached hydrogens (tertiary/aromatic N) is 2. The Kier molecular flexibility index (Phi) is 4.63. The number of alkyl halides is 1. The van der Waals surface area contributed by atoms with Crippen LogP contribution in [0.4, 0.5) is 5.69 Å². The second kappa shape index (κ2) is 6.43.